The van der Waals surface area contributed by atoms with Crippen molar-refractivity contribution in [2.75, 3.05) is 11.9 Å². The van der Waals surface area contributed by atoms with Crippen molar-refractivity contribution in [1.29, 1.82) is 0 Å². The molecule has 0 aromatic heterocycles. The Balaban J connectivity index is 3.04. The van der Waals surface area contributed by atoms with E-state index in [9.17, 15) is 22.8 Å². The van der Waals surface area contributed by atoms with E-state index >= 15 is 0 Å². The van der Waals surface area contributed by atoms with Crippen LogP contribution in [0.4, 0.5) is 23.7 Å². The number of carboxylic acid groups (broad SMARTS) is 1. The number of carboxylic acids is 1. The molecule has 0 radical (unpaired) electrons. The maximum absolute atomic E-state index is 12.7. The average molecular weight is 289 g/mol. The fourth-order valence-electron chi connectivity index (χ4n) is 1.33. The van der Waals surface area contributed by atoms with Gasteiger partial charge in [0.05, 0.1) is 11.1 Å². The number of alkyl halides is 3. The average Bonchev–Trinajstić information content (AvgIpc) is 2.35. The molecule has 2 N–H and O–H groups in total. The molecule has 1 aromatic carbocycles. The molecular formula is C12H10F3NO4. The van der Waals surface area contributed by atoms with E-state index in [-0.39, 0.29) is 12.3 Å². The molecule has 0 aliphatic rings. The summed E-state index contributed by atoms with van der Waals surface area (Å²) in [7, 11) is 0. The minimum Gasteiger partial charge on any atom is -0.478 e. The van der Waals surface area contributed by atoms with Crippen molar-refractivity contribution in [2.45, 2.75) is 6.18 Å². The van der Waals surface area contributed by atoms with Crippen LogP contribution >= 0.6 is 0 Å². The van der Waals surface area contributed by atoms with Crippen LogP contribution in [-0.4, -0.2) is 23.8 Å². The van der Waals surface area contributed by atoms with Crippen molar-refractivity contribution in [3.05, 3.63) is 42.0 Å². The number of hydrogen-bond acceptors (Lipinski definition) is 3. The standard InChI is InChI=1S/C12H10F3NO4/c1-2-5-20-11(19)16-7-3-4-8(10(17)18)9(6-7)12(13,14)15/h2-4,6H,1,5H2,(H,16,19)(H,17,18). The predicted octanol–water partition coefficient (Wildman–Crippen LogP) is 3.14. The summed E-state index contributed by atoms with van der Waals surface area (Å²) in [5.41, 5.74) is -2.48. The van der Waals surface area contributed by atoms with Crippen LogP contribution in [-0.2, 0) is 10.9 Å². The molecule has 0 saturated heterocycles. The van der Waals surface area contributed by atoms with Gasteiger partial charge in [0.25, 0.3) is 0 Å². The number of ether oxygens (including phenoxy) is 1. The number of carbonyl (C=O) groups excluding carboxylic acids is 1. The highest BCUT2D eigenvalue weighted by Gasteiger charge is 2.35. The second kappa shape index (κ2) is 6.09. The Morgan fingerprint density at radius 1 is 1.40 bits per heavy atom. The highest BCUT2D eigenvalue weighted by molar-refractivity contribution is 5.91. The van der Waals surface area contributed by atoms with E-state index in [1.54, 1.807) is 0 Å². The van der Waals surface area contributed by atoms with Gasteiger partial charge in [-0.25, -0.2) is 9.59 Å². The van der Waals surface area contributed by atoms with Gasteiger partial charge in [-0.3, -0.25) is 5.32 Å². The molecule has 0 unspecified atom stereocenters. The SMILES string of the molecule is C=CCOC(=O)Nc1ccc(C(=O)O)c(C(F)(F)F)c1. The minimum absolute atomic E-state index is 0.106. The zero-order valence-corrected chi connectivity index (χ0v) is 10.0. The third kappa shape index (κ3) is 4.01. The van der Waals surface area contributed by atoms with Crippen LogP contribution in [0.1, 0.15) is 15.9 Å². The zero-order valence-electron chi connectivity index (χ0n) is 10.0. The molecule has 8 heteroatoms. The number of carbonyl (C=O) groups is 2. The first kappa shape index (κ1) is 15.5. The molecule has 20 heavy (non-hydrogen) atoms. The number of nitrogens with one attached hydrogen (secondary N) is 1. The molecule has 0 aliphatic carbocycles. The van der Waals surface area contributed by atoms with Crippen LogP contribution < -0.4 is 5.32 Å². The van der Waals surface area contributed by atoms with E-state index in [0.717, 1.165) is 12.1 Å². The third-order valence-electron chi connectivity index (χ3n) is 2.13. The first-order chi connectivity index (χ1) is 9.25. The smallest absolute Gasteiger partial charge is 0.417 e. The summed E-state index contributed by atoms with van der Waals surface area (Å²) < 4.78 is 42.7. The lowest BCUT2D eigenvalue weighted by atomic mass is 10.1. The summed E-state index contributed by atoms with van der Waals surface area (Å²) in [6.07, 6.45) is -4.54. The Morgan fingerprint density at radius 2 is 2.05 bits per heavy atom. The fourth-order valence-corrected chi connectivity index (χ4v) is 1.33. The van der Waals surface area contributed by atoms with Gasteiger partial charge >= 0.3 is 18.2 Å². The van der Waals surface area contributed by atoms with Crippen LogP contribution in [0.25, 0.3) is 0 Å². The van der Waals surface area contributed by atoms with E-state index in [4.69, 9.17) is 5.11 Å². The van der Waals surface area contributed by atoms with E-state index in [1.165, 1.54) is 6.08 Å². The van der Waals surface area contributed by atoms with E-state index < -0.39 is 29.4 Å². The van der Waals surface area contributed by atoms with Crippen molar-refractivity contribution in [3.63, 3.8) is 0 Å². The molecule has 5 nitrogen and oxygen atoms in total. The Kier molecular flexibility index (Phi) is 4.73. The molecule has 1 aromatic rings. The molecule has 0 bridgehead atoms. The van der Waals surface area contributed by atoms with Gasteiger partial charge in [0.2, 0.25) is 0 Å². The quantitative estimate of drug-likeness (QED) is 0.835. The number of benzene rings is 1. The third-order valence-corrected chi connectivity index (χ3v) is 2.13. The Morgan fingerprint density at radius 3 is 2.55 bits per heavy atom. The number of aromatic carboxylic acids is 1. The summed E-state index contributed by atoms with van der Waals surface area (Å²) in [5, 5.41) is 10.7. The van der Waals surface area contributed by atoms with Crippen molar-refractivity contribution in [2.24, 2.45) is 0 Å². The van der Waals surface area contributed by atoms with Gasteiger partial charge < -0.3 is 9.84 Å². The van der Waals surface area contributed by atoms with Crippen molar-refractivity contribution >= 4 is 17.7 Å². The first-order valence-corrected chi connectivity index (χ1v) is 5.25. The van der Waals surface area contributed by atoms with Gasteiger partial charge in [-0.05, 0) is 18.2 Å². The number of rotatable bonds is 4. The van der Waals surface area contributed by atoms with Crippen LogP contribution in [0.3, 0.4) is 0 Å². The number of halogens is 3. The van der Waals surface area contributed by atoms with Gasteiger partial charge in [-0.15, -0.1) is 0 Å². The lowest BCUT2D eigenvalue weighted by molar-refractivity contribution is -0.138. The summed E-state index contributed by atoms with van der Waals surface area (Å²) in [6.45, 7) is 3.19. The second-order valence-electron chi connectivity index (χ2n) is 3.58. The van der Waals surface area contributed by atoms with Crippen LogP contribution in [0.15, 0.2) is 30.9 Å². The molecule has 1 amide bonds. The van der Waals surface area contributed by atoms with Gasteiger partial charge in [0.15, 0.2) is 0 Å². The Bertz CT molecular complexity index is 540. The first-order valence-electron chi connectivity index (χ1n) is 5.25. The maximum Gasteiger partial charge on any atom is 0.417 e. The summed E-state index contributed by atoms with van der Waals surface area (Å²) >= 11 is 0. The molecule has 0 spiro atoms. The lowest BCUT2D eigenvalue weighted by Crippen LogP contribution is -2.16. The number of anilines is 1. The van der Waals surface area contributed by atoms with E-state index in [0.29, 0.717) is 6.07 Å². The predicted molar refractivity (Wildman–Crippen MR) is 63.6 cm³/mol. The molecule has 0 fully saturated rings. The molecular weight excluding hydrogens is 279 g/mol. The topological polar surface area (TPSA) is 75.6 Å². The maximum atomic E-state index is 12.7. The van der Waals surface area contributed by atoms with Crippen molar-refractivity contribution in [3.8, 4) is 0 Å². The second-order valence-corrected chi connectivity index (χ2v) is 3.58. The van der Waals surface area contributed by atoms with Crippen molar-refractivity contribution < 1.29 is 32.6 Å². The molecule has 108 valence electrons. The van der Waals surface area contributed by atoms with E-state index in [2.05, 4.69) is 16.6 Å². The molecule has 1 rings (SSSR count). The van der Waals surface area contributed by atoms with Crippen LogP contribution in [0.2, 0.25) is 0 Å². The number of hydrogen-bond donors (Lipinski definition) is 2. The van der Waals surface area contributed by atoms with Gasteiger partial charge in [-0.1, -0.05) is 12.7 Å². The monoisotopic (exact) mass is 289 g/mol. The zero-order chi connectivity index (χ0) is 15.3. The fraction of sp³-hybridized carbons (Fsp3) is 0.167. The normalized spacial score (nSPS) is 10.8. The van der Waals surface area contributed by atoms with Gasteiger partial charge in [0.1, 0.15) is 6.61 Å². The highest BCUT2D eigenvalue weighted by atomic mass is 19.4. The van der Waals surface area contributed by atoms with Crippen molar-refractivity contribution in [1.82, 2.24) is 0 Å². The summed E-state index contributed by atoms with van der Waals surface area (Å²) in [4.78, 5) is 21.9. The Hall–Kier alpha value is -2.51. The molecule has 0 aliphatic heterocycles. The summed E-state index contributed by atoms with van der Waals surface area (Å²) in [5.74, 6) is -1.71. The minimum atomic E-state index is -4.85. The summed E-state index contributed by atoms with van der Waals surface area (Å²) in [6, 6.07) is 2.32. The molecule has 0 heterocycles. The van der Waals surface area contributed by atoms with Gasteiger partial charge in [0, 0.05) is 5.69 Å². The van der Waals surface area contributed by atoms with E-state index in [1.807, 2.05) is 0 Å². The highest BCUT2D eigenvalue weighted by Crippen LogP contribution is 2.33. The lowest BCUT2D eigenvalue weighted by Gasteiger charge is -2.12. The molecule has 0 saturated carbocycles. The number of amides is 1. The van der Waals surface area contributed by atoms with Crippen LogP contribution in [0, 0.1) is 0 Å². The van der Waals surface area contributed by atoms with Gasteiger partial charge in [-0.2, -0.15) is 13.2 Å². The largest absolute Gasteiger partial charge is 0.478 e. The Labute approximate surface area is 111 Å². The molecule has 0 atom stereocenters. The van der Waals surface area contributed by atoms with Crippen LogP contribution in [0.5, 0.6) is 0 Å².